The van der Waals surface area contributed by atoms with Gasteiger partial charge in [-0.25, -0.2) is 12.4 Å². The van der Waals surface area contributed by atoms with E-state index >= 15 is 0 Å². The van der Waals surface area contributed by atoms with Gasteiger partial charge in [0, 0.05) is 49.9 Å². The Bertz CT molecular complexity index is 1810. The molecule has 0 bridgehead atoms. The van der Waals surface area contributed by atoms with E-state index < -0.39 is 27.5 Å². The number of phenols is 1. The van der Waals surface area contributed by atoms with Gasteiger partial charge in [0.05, 0.1) is 27.1 Å². The van der Waals surface area contributed by atoms with Crippen molar-refractivity contribution in [3.8, 4) is 11.5 Å². The number of para-hydroxylation sites is 1. The van der Waals surface area contributed by atoms with Crippen molar-refractivity contribution in [2.75, 3.05) is 26.2 Å². The number of carbonyl (C=O) groups excluding carboxylic acids is 1. The number of hydrogen-bond donors (Lipinski definition) is 2. The predicted octanol–water partition coefficient (Wildman–Crippen LogP) is 4.62. The lowest BCUT2D eigenvalue weighted by molar-refractivity contribution is -0.137. The molecule has 0 atom stereocenters. The van der Waals surface area contributed by atoms with Gasteiger partial charge in [-0.1, -0.05) is 18.2 Å². The summed E-state index contributed by atoms with van der Waals surface area (Å²) in [7, 11) is -4.29. The van der Waals surface area contributed by atoms with Crippen LogP contribution in [-0.4, -0.2) is 54.4 Å². The highest BCUT2D eigenvalue weighted by Crippen LogP contribution is 2.41. The number of ether oxygens (including phenoxy) is 1. The van der Waals surface area contributed by atoms with Gasteiger partial charge < -0.3 is 15.2 Å². The average molecular weight is 584 g/mol. The lowest BCUT2D eigenvalue weighted by Gasteiger charge is -2.27. The second-order valence-corrected chi connectivity index (χ2v) is 11.6. The molecule has 0 unspecified atom stereocenters. The van der Waals surface area contributed by atoms with Crippen LogP contribution in [-0.2, 0) is 22.7 Å². The molecule has 0 spiro atoms. The first-order valence-electron chi connectivity index (χ1n) is 12.8. The molecule has 212 valence electrons. The number of nitrogens with zero attached hydrogens (tertiary/aromatic N) is 2. The number of phenolic OH excluding ortho intramolecular Hbond substituents is 1. The van der Waals surface area contributed by atoms with Crippen molar-refractivity contribution in [2.45, 2.75) is 17.6 Å². The SMILES string of the molecule is O=C1/C(=C/c2cn(S(=O)(=O)c3ccc(C(F)(F)F)cc3)c3ccccc23)Oc2c1ccc(O)c2CN1CCNCC1. The largest absolute Gasteiger partial charge is 0.507 e. The normalized spacial score (nSPS) is 17.2. The molecule has 6 rings (SSSR count). The number of benzene rings is 3. The second kappa shape index (κ2) is 10.1. The summed E-state index contributed by atoms with van der Waals surface area (Å²) in [6, 6.07) is 12.8. The van der Waals surface area contributed by atoms with E-state index in [0.717, 1.165) is 54.4 Å². The van der Waals surface area contributed by atoms with E-state index in [1.807, 2.05) is 0 Å². The summed E-state index contributed by atoms with van der Waals surface area (Å²) in [4.78, 5) is 15.1. The van der Waals surface area contributed by atoms with E-state index in [0.29, 0.717) is 28.6 Å². The molecule has 8 nitrogen and oxygen atoms in total. The third kappa shape index (κ3) is 4.88. The predicted molar refractivity (Wildman–Crippen MR) is 145 cm³/mol. The van der Waals surface area contributed by atoms with Gasteiger partial charge in [0.1, 0.15) is 11.5 Å². The minimum absolute atomic E-state index is 0.00979. The first-order chi connectivity index (χ1) is 19.5. The van der Waals surface area contributed by atoms with Crippen LogP contribution in [0.3, 0.4) is 0 Å². The zero-order valence-corrected chi connectivity index (χ0v) is 22.3. The number of carbonyl (C=O) groups is 1. The van der Waals surface area contributed by atoms with Crippen molar-refractivity contribution in [2.24, 2.45) is 0 Å². The Morgan fingerprint density at radius 1 is 1.00 bits per heavy atom. The number of aromatic nitrogens is 1. The molecule has 4 aromatic rings. The van der Waals surface area contributed by atoms with Crippen molar-refractivity contribution in [3.05, 3.63) is 94.9 Å². The van der Waals surface area contributed by atoms with Gasteiger partial charge in [0.2, 0.25) is 5.78 Å². The first kappa shape index (κ1) is 27.1. The molecule has 1 fully saturated rings. The summed E-state index contributed by atoms with van der Waals surface area (Å²) >= 11 is 0. The van der Waals surface area contributed by atoms with Crippen molar-refractivity contribution in [1.82, 2.24) is 14.2 Å². The fraction of sp³-hybridized carbons (Fsp3) is 0.207. The zero-order valence-electron chi connectivity index (χ0n) is 21.5. The third-order valence-electron chi connectivity index (χ3n) is 7.24. The highest BCUT2D eigenvalue weighted by Gasteiger charge is 2.33. The molecule has 1 aromatic heterocycles. The highest BCUT2D eigenvalue weighted by atomic mass is 32.2. The van der Waals surface area contributed by atoms with E-state index in [2.05, 4.69) is 10.2 Å². The van der Waals surface area contributed by atoms with Crippen LogP contribution in [0.2, 0.25) is 0 Å². The number of ketones is 1. The lowest BCUT2D eigenvalue weighted by Crippen LogP contribution is -2.42. The third-order valence-corrected chi connectivity index (χ3v) is 8.93. The van der Waals surface area contributed by atoms with Gasteiger partial charge in [-0.3, -0.25) is 9.69 Å². The minimum Gasteiger partial charge on any atom is -0.507 e. The van der Waals surface area contributed by atoms with E-state index in [-0.39, 0.29) is 27.7 Å². The molecule has 0 amide bonds. The topological polar surface area (TPSA) is 101 Å². The average Bonchev–Trinajstić information content (AvgIpc) is 3.49. The van der Waals surface area contributed by atoms with Crippen molar-refractivity contribution in [3.63, 3.8) is 0 Å². The number of Topliss-reactive ketones (excluding diaryl/α,β-unsaturated/α-hetero) is 1. The molecule has 3 heterocycles. The van der Waals surface area contributed by atoms with Gasteiger partial charge in [0.25, 0.3) is 10.0 Å². The van der Waals surface area contributed by atoms with E-state index in [4.69, 9.17) is 4.74 Å². The molecule has 3 aromatic carbocycles. The van der Waals surface area contributed by atoms with Crippen molar-refractivity contribution >= 4 is 32.8 Å². The number of allylic oxidation sites excluding steroid dienone is 1. The van der Waals surface area contributed by atoms with Crippen LogP contribution < -0.4 is 10.1 Å². The maximum absolute atomic E-state index is 13.5. The van der Waals surface area contributed by atoms with Gasteiger partial charge >= 0.3 is 6.18 Å². The molecule has 0 saturated carbocycles. The van der Waals surface area contributed by atoms with Crippen LogP contribution in [0.25, 0.3) is 17.0 Å². The summed E-state index contributed by atoms with van der Waals surface area (Å²) < 4.78 is 73.0. The van der Waals surface area contributed by atoms with E-state index in [1.165, 1.54) is 24.4 Å². The fourth-order valence-corrected chi connectivity index (χ4v) is 6.48. The van der Waals surface area contributed by atoms with Gasteiger partial charge in [-0.2, -0.15) is 13.2 Å². The second-order valence-electron chi connectivity index (χ2n) is 9.83. The number of nitrogens with one attached hydrogen (secondary N) is 1. The number of piperazine rings is 1. The van der Waals surface area contributed by atoms with Gasteiger partial charge in [-0.15, -0.1) is 0 Å². The van der Waals surface area contributed by atoms with Crippen LogP contribution in [0.5, 0.6) is 11.5 Å². The summed E-state index contributed by atoms with van der Waals surface area (Å²) in [6.45, 7) is 3.54. The zero-order chi connectivity index (χ0) is 28.9. The molecular weight excluding hydrogens is 559 g/mol. The maximum Gasteiger partial charge on any atom is 0.416 e. The monoisotopic (exact) mass is 583 g/mol. The molecule has 41 heavy (non-hydrogen) atoms. The number of aromatic hydroxyl groups is 1. The van der Waals surface area contributed by atoms with Crippen LogP contribution in [0, 0.1) is 0 Å². The first-order valence-corrected chi connectivity index (χ1v) is 14.2. The molecular formula is C29H24F3N3O5S. The smallest absolute Gasteiger partial charge is 0.416 e. The Balaban J connectivity index is 1.38. The summed E-state index contributed by atoms with van der Waals surface area (Å²) in [5.74, 6) is -0.178. The number of halogens is 3. The van der Waals surface area contributed by atoms with Crippen molar-refractivity contribution in [1.29, 1.82) is 0 Å². The Hall–Kier alpha value is -4.13. The Morgan fingerprint density at radius 2 is 1.71 bits per heavy atom. The molecule has 12 heteroatoms. The molecule has 1 saturated heterocycles. The maximum atomic E-state index is 13.5. The summed E-state index contributed by atoms with van der Waals surface area (Å²) in [5, 5.41) is 14.3. The van der Waals surface area contributed by atoms with Crippen LogP contribution in [0.15, 0.2) is 77.5 Å². The van der Waals surface area contributed by atoms with E-state index in [9.17, 15) is 31.5 Å². The summed E-state index contributed by atoms with van der Waals surface area (Å²) in [5.41, 5.74) is 0.464. The number of fused-ring (bicyclic) bond motifs is 2. The number of hydrogen-bond acceptors (Lipinski definition) is 7. The molecule has 2 aliphatic rings. The van der Waals surface area contributed by atoms with Crippen molar-refractivity contribution < 1.29 is 36.2 Å². The van der Waals surface area contributed by atoms with Crippen LogP contribution in [0.1, 0.15) is 27.0 Å². The number of alkyl halides is 3. The quantitative estimate of drug-likeness (QED) is 0.331. The molecule has 0 aliphatic carbocycles. The number of rotatable bonds is 5. The van der Waals surface area contributed by atoms with Gasteiger partial charge in [0.15, 0.2) is 5.76 Å². The standard InChI is InChI=1S/C29H24F3N3O5S/c30-29(31,32)19-5-7-20(8-6-19)41(38,39)35-16-18(21-3-1-2-4-24(21)35)15-26-27(37)22-9-10-25(36)23(28(22)40-26)17-34-13-11-33-12-14-34/h1-10,15-16,33,36H,11-14,17H2/b26-15-. The fourth-order valence-electron chi connectivity index (χ4n) is 5.10. The van der Waals surface area contributed by atoms with Crippen LogP contribution >= 0.6 is 0 Å². The highest BCUT2D eigenvalue weighted by molar-refractivity contribution is 7.90. The molecule has 2 aliphatic heterocycles. The summed E-state index contributed by atoms with van der Waals surface area (Å²) in [6.07, 6.45) is -1.85. The van der Waals surface area contributed by atoms with E-state index in [1.54, 1.807) is 24.3 Å². The Kier molecular flexibility index (Phi) is 6.63. The van der Waals surface area contributed by atoms with Crippen LogP contribution in [0.4, 0.5) is 13.2 Å². The Morgan fingerprint density at radius 3 is 2.41 bits per heavy atom. The lowest BCUT2D eigenvalue weighted by atomic mass is 10.0. The van der Waals surface area contributed by atoms with Gasteiger partial charge in [-0.05, 0) is 48.5 Å². The minimum atomic E-state index is -4.60. The molecule has 0 radical (unpaired) electrons. The Labute approximate surface area is 233 Å². The molecule has 2 N–H and O–H groups in total.